The van der Waals surface area contributed by atoms with Crippen molar-refractivity contribution in [3.8, 4) is 0 Å². The van der Waals surface area contributed by atoms with Crippen molar-refractivity contribution in [3.63, 3.8) is 0 Å². The van der Waals surface area contributed by atoms with Gasteiger partial charge in [-0.05, 0) is 33.2 Å². The number of likely N-dealkylation sites (N-methyl/N-ethyl adjacent to an activating group) is 1. The number of alkyl halides is 1. The minimum atomic E-state index is -0.761. The highest BCUT2D eigenvalue weighted by atomic mass is 32.1. The highest BCUT2D eigenvalue weighted by Gasteiger charge is 2.33. The molecule has 25 heavy (non-hydrogen) atoms. The standard InChI is InChI=1S/C17H24FN5OS/c1-11-19-14(10-25-11)7-23-6-13(18)5-15(23)8-22(2)9-16-20-17(21-24-16)12-3-4-12/h10,12-13,15H,3-9H2,1-2H3/t13-,15-/m0/s1. The molecule has 4 rings (SSSR count). The fraction of sp³-hybridized carbons (Fsp3) is 0.706. The smallest absolute Gasteiger partial charge is 0.240 e. The van der Waals surface area contributed by atoms with E-state index in [1.807, 2.05) is 14.0 Å². The van der Waals surface area contributed by atoms with Crippen LogP contribution < -0.4 is 0 Å². The van der Waals surface area contributed by atoms with E-state index in [1.165, 1.54) is 12.8 Å². The van der Waals surface area contributed by atoms with Crippen molar-refractivity contribution in [3.05, 3.63) is 27.8 Å². The lowest BCUT2D eigenvalue weighted by molar-refractivity contribution is 0.169. The molecule has 2 aliphatic rings. The molecular weight excluding hydrogens is 341 g/mol. The van der Waals surface area contributed by atoms with Crippen molar-refractivity contribution >= 4 is 11.3 Å². The average Bonchev–Trinajstić information content (AvgIpc) is 3.02. The number of likely N-dealkylation sites (tertiary alicyclic amines) is 1. The number of nitrogens with zero attached hydrogens (tertiary/aromatic N) is 5. The summed E-state index contributed by atoms with van der Waals surface area (Å²) in [6.07, 6.45) is 2.15. The zero-order valence-corrected chi connectivity index (χ0v) is 15.5. The van der Waals surface area contributed by atoms with Gasteiger partial charge in [-0.2, -0.15) is 4.98 Å². The van der Waals surface area contributed by atoms with E-state index in [0.29, 0.717) is 31.3 Å². The van der Waals surface area contributed by atoms with Crippen molar-refractivity contribution < 1.29 is 8.91 Å². The summed E-state index contributed by atoms with van der Waals surface area (Å²) < 4.78 is 19.3. The second kappa shape index (κ2) is 7.09. The molecule has 0 N–H and O–H groups in total. The van der Waals surface area contributed by atoms with E-state index in [1.54, 1.807) is 11.3 Å². The number of aromatic nitrogens is 3. The quantitative estimate of drug-likeness (QED) is 0.752. The van der Waals surface area contributed by atoms with Gasteiger partial charge in [0.1, 0.15) is 6.17 Å². The van der Waals surface area contributed by atoms with Crippen molar-refractivity contribution in [2.75, 3.05) is 20.1 Å². The third kappa shape index (κ3) is 4.24. The Morgan fingerprint density at radius 1 is 1.40 bits per heavy atom. The van der Waals surface area contributed by atoms with Crippen molar-refractivity contribution in [1.29, 1.82) is 0 Å². The van der Waals surface area contributed by atoms with Crippen LogP contribution in [0.2, 0.25) is 0 Å². The maximum Gasteiger partial charge on any atom is 0.240 e. The molecule has 6 nitrogen and oxygen atoms in total. The van der Waals surface area contributed by atoms with Crippen LogP contribution in [-0.4, -0.2) is 57.3 Å². The molecule has 1 aliphatic carbocycles. The number of hydrogen-bond donors (Lipinski definition) is 0. The molecule has 0 spiro atoms. The van der Waals surface area contributed by atoms with Gasteiger partial charge in [0.05, 0.1) is 17.2 Å². The molecule has 0 bridgehead atoms. The van der Waals surface area contributed by atoms with Gasteiger partial charge in [0.25, 0.3) is 0 Å². The van der Waals surface area contributed by atoms with Crippen LogP contribution in [0, 0.1) is 6.92 Å². The molecule has 8 heteroatoms. The molecule has 3 heterocycles. The lowest BCUT2D eigenvalue weighted by atomic mass is 10.2. The Kier molecular flexibility index (Phi) is 4.84. The Morgan fingerprint density at radius 2 is 2.24 bits per heavy atom. The Morgan fingerprint density at radius 3 is 2.96 bits per heavy atom. The van der Waals surface area contributed by atoms with E-state index in [-0.39, 0.29) is 6.04 Å². The molecule has 1 saturated heterocycles. The van der Waals surface area contributed by atoms with Crippen LogP contribution in [0.15, 0.2) is 9.90 Å². The topological polar surface area (TPSA) is 58.3 Å². The number of aryl methyl sites for hydroxylation is 1. The summed E-state index contributed by atoms with van der Waals surface area (Å²) in [4.78, 5) is 13.3. The van der Waals surface area contributed by atoms with Gasteiger partial charge in [-0.3, -0.25) is 9.80 Å². The first-order chi connectivity index (χ1) is 12.1. The second-order valence-electron chi connectivity index (χ2n) is 7.29. The Labute approximate surface area is 151 Å². The summed E-state index contributed by atoms with van der Waals surface area (Å²) in [5.74, 6) is 2.00. The molecule has 2 aromatic heterocycles. The fourth-order valence-electron chi connectivity index (χ4n) is 3.49. The third-order valence-corrected chi connectivity index (χ3v) is 5.68. The normalized spacial score (nSPS) is 24.5. The summed E-state index contributed by atoms with van der Waals surface area (Å²) in [5.41, 5.74) is 1.04. The van der Waals surface area contributed by atoms with Gasteiger partial charge >= 0.3 is 0 Å². The number of rotatable bonds is 7. The highest BCUT2D eigenvalue weighted by Crippen LogP contribution is 2.38. The monoisotopic (exact) mass is 365 g/mol. The van der Waals surface area contributed by atoms with E-state index in [2.05, 4.69) is 30.3 Å². The van der Waals surface area contributed by atoms with E-state index >= 15 is 0 Å². The van der Waals surface area contributed by atoms with Crippen LogP contribution in [-0.2, 0) is 13.1 Å². The van der Waals surface area contributed by atoms with Crippen LogP contribution in [0.5, 0.6) is 0 Å². The van der Waals surface area contributed by atoms with Crippen LogP contribution in [0.1, 0.15) is 47.6 Å². The van der Waals surface area contributed by atoms with E-state index in [4.69, 9.17) is 4.52 Å². The van der Waals surface area contributed by atoms with Crippen LogP contribution in [0.4, 0.5) is 4.39 Å². The molecule has 1 aliphatic heterocycles. The molecule has 2 fully saturated rings. The molecule has 2 aromatic rings. The zero-order valence-electron chi connectivity index (χ0n) is 14.7. The number of halogens is 1. The van der Waals surface area contributed by atoms with Gasteiger partial charge in [0.15, 0.2) is 5.82 Å². The molecule has 0 aromatic carbocycles. The van der Waals surface area contributed by atoms with Gasteiger partial charge in [0, 0.05) is 37.0 Å². The van der Waals surface area contributed by atoms with Crippen molar-refractivity contribution in [2.24, 2.45) is 0 Å². The first-order valence-electron chi connectivity index (χ1n) is 8.87. The SMILES string of the molecule is Cc1nc(CN2C[C@@H](F)C[C@H]2CN(C)Cc2nc(C3CC3)no2)cs1. The van der Waals surface area contributed by atoms with E-state index in [9.17, 15) is 4.39 Å². The fourth-order valence-corrected chi connectivity index (χ4v) is 4.09. The molecule has 136 valence electrons. The molecule has 2 atom stereocenters. The van der Waals surface area contributed by atoms with Crippen LogP contribution in [0.3, 0.4) is 0 Å². The van der Waals surface area contributed by atoms with Crippen molar-refractivity contribution in [1.82, 2.24) is 24.9 Å². The third-order valence-electron chi connectivity index (χ3n) is 4.86. The predicted molar refractivity (Wildman–Crippen MR) is 93.2 cm³/mol. The first-order valence-corrected chi connectivity index (χ1v) is 9.75. The Balaban J connectivity index is 1.33. The largest absolute Gasteiger partial charge is 0.338 e. The summed E-state index contributed by atoms with van der Waals surface area (Å²) in [6.45, 7) is 4.60. The number of hydrogen-bond acceptors (Lipinski definition) is 7. The lowest BCUT2D eigenvalue weighted by Gasteiger charge is -2.27. The molecule has 0 radical (unpaired) electrons. The Hall–Kier alpha value is -1.38. The maximum absolute atomic E-state index is 14.0. The minimum Gasteiger partial charge on any atom is -0.338 e. The van der Waals surface area contributed by atoms with Crippen LogP contribution in [0.25, 0.3) is 0 Å². The molecule has 1 saturated carbocycles. The average molecular weight is 365 g/mol. The van der Waals surface area contributed by atoms with E-state index in [0.717, 1.165) is 29.6 Å². The molecule has 0 unspecified atom stereocenters. The van der Waals surface area contributed by atoms with Gasteiger partial charge in [-0.1, -0.05) is 5.16 Å². The summed E-state index contributed by atoms with van der Waals surface area (Å²) in [7, 11) is 2.03. The van der Waals surface area contributed by atoms with Crippen LogP contribution >= 0.6 is 11.3 Å². The lowest BCUT2D eigenvalue weighted by Crippen LogP contribution is -2.38. The minimum absolute atomic E-state index is 0.188. The van der Waals surface area contributed by atoms with Crippen molar-refractivity contribution in [2.45, 2.75) is 57.4 Å². The number of thiazole rings is 1. The predicted octanol–water partition coefficient (Wildman–Crippen LogP) is 2.76. The van der Waals surface area contributed by atoms with Gasteiger partial charge in [0.2, 0.25) is 5.89 Å². The Bertz CT molecular complexity index is 715. The van der Waals surface area contributed by atoms with Gasteiger partial charge in [-0.15, -0.1) is 11.3 Å². The summed E-state index contributed by atoms with van der Waals surface area (Å²) in [6, 6.07) is 0.188. The maximum atomic E-state index is 14.0. The molecular formula is C17H24FN5OS. The van der Waals surface area contributed by atoms with Gasteiger partial charge in [-0.25, -0.2) is 9.37 Å². The second-order valence-corrected chi connectivity index (χ2v) is 8.35. The highest BCUT2D eigenvalue weighted by molar-refractivity contribution is 7.09. The zero-order chi connectivity index (χ0) is 17.4. The van der Waals surface area contributed by atoms with Gasteiger partial charge < -0.3 is 4.52 Å². The molecule has 0 amide bonds. The first kappa shape index (κ1) is 17.1. The summed E-state index contributed by atoms with van der Waals surface area (Å²) >= 11 is 1.65. The van der Waals surface area contributed by atoms with E-state index < -0.39 is 6.17 Å². The summed E-state index contributed by atoms with van der Waals surface area (Å²) in [5, 5.41) is 7.18.